The van der Waals surface area contributed by atoms with Gasteiger partial charge in [-0.05, 0) is 29.7 Å². The van der Waals surface area contributed by atoms with Crippen molar-refractivity contribution in [2.45, 2.75) is 19.4 Å². The summed E-state index contributed by atoms with van der Waals surface area (Å²) in [6.07, 6.45) is 0.952. The van der Waals surface area contributed by atoms with E-state index in [9.17, 15) is 9.59 Å². The number of urea groups is 1. The minimum Gasteiger partial charge on any atom is -0.340 e. The van der Waals surface area contributed by atoms with Crippen LogP contribution in [0, 0.1) is 0 Å². The predicted octanol–water partition coefficient (Wildman–Crippen LogP) is 5.80. The molecule has 0 bridgehead atoms. The lowest BCUT2D eigenvalue weighted by molar-refractivity contribution is -0.133. The number of carbonyl (C=O) groups is 2. The molecule has 0 aromatic heterocycles. The van der Waals surface area contributed by atoms with E-state index in [4.69, 9.17) is 23.2 Å². The molecule has 0 aliphatic carbocycles. The molecule has 8 heteroatoms. The Morgan fingerprint density at radius 3 is 2.11 bits per heavy atom. The Hall–Kier alpha value is -3.06. The number of rotatable bonds is 9. The molecule has 0 radical (unpaired) electrons. The second kappa shape index (κ2) is 13.5. The number of carbonyl (C=O) groups excluding carboxylic acids is 2. The van der Waals surface area contributed by atoms with Crippen LogP contribution in [0.2, 0.25) is 10.0 Å². The highest BCUT2D eigenvalue weighted by Gasteiger charge is 2.23. The van der Waals surface area contributed by atoms with Gasteiger partial charge >= 0.3 is 6.03 Å². The van der Waals surface area contributed by atoms with Gasteiger partial charge in [0.1, 0.15) is 0 Å². The Balaban J connectivity index is 1.32. The molecular formula is C29H32Cl2N4O2. The van der Waals surface area contributed by atoms with Gasteiger partial charge in [-0.15, -0.1) is 0 Å². The molecule has 37 heavy (non-hydrogen) atoms. The second-order valence-corrected chi connectivity index (χ2v) is 9.93. The minimum absolute atomic E-state index is 0.0673. The number of piperazine rings is 1. The maximum Gasteiger partial charge on any atom is 0.321 e. The molecule has 0 atom stereocenters. The number of nitrogens with zero attached hydrogens (tertiary/aromatic N) is 3. The summed E-state index contributed by atoms with van der Waals surface area (Å²) in [6.45, 7) is 4.76. The van der Waals surface area contributed by atoms with Gasteiger partial charge in [-0.3, -0.25) is 9.69 Å². The van der Waals surface area contributed by atoms with E-state index in [0.29, 0.717) is 48.3 Å². The number of benzene rings is 3. The van der Waals surface area contributed by atoms with Gasteiger partial charge in [-0.1, -0.05) is 89.9 Å². The summed E-state index contributed by atoms with van der Waals surface area (Å²) in [5.41, 5.74) is 2.86. The molecule has 4 rings (SSSR count). The Morgan fingerprint density at radius 2 is 1.43 bits per heavy atom. The molecule has 1 aliphatic rings. The van der Waals surface area contributed by atoms with E-state index in [1.165, 1.54) is 5.56 Å². The summed E-state index contributed by atoms with van der Waals surface area (Å²) in [4.78, 5) is 32.2. The molecule has 3 aromatic rings. The molecule has 3 aromatic carbocycles. The normalized spacial score (nSPS) is 13.8. The quantitative estimate of drug-likeness (QED) is 0.374. The Bertz CT molecular complexity index is 1170. The average molecular weight is 540 g/mol. The van der Waals surface area contributed by atoms with Crippen LogP contribution in [0.4, 0.5) is 10.5 Å². The van der Waals surface area contributed by atoms with Crippen molar-refractivity contribution >= 4 is 40.8 Å². The lowest BCUT2D eigenvalue weighted by atomic mass is 10.1. The first-order chi connectivity index (χ1) is 18.0. The van der Waals surface area contributed by atoms with E-state index >= 15 is 0 Å². The summed E-state index contributed by atoms with van der Waals surface area (Å²) < 4.78 is 0. The molecule has 1 fully saturated rings. The fraction of sp³-hybridized carbons (Fsp3) is 0.310. The van der Waals surface area contributed by atoms with E-state index in [1.54, 1.807) is 23.1 Å². The van der Waals surface area contributed by atoms with E-state index < -0.39 is 0 Å². The monoisotopic (exact) mass is 538 g/mol. The zero-order valence-corrected chi connectivity index (χ0v) is 22.3. The minimum atomic E-state index is -0.305. The average Bonchev–Trinajstić information content (AvgIpc) is 2.92. The van der Waals surface area contributed by atoms with Crippen LogP contribution in [0.25, 0.3) is 0 Å². The SMILES string of the molecule is O=C(CCN(CCc1ccccc1)C(=O)Nc1cccc(Cl)c1Cl)N1CCN(Cc2ccccc2)CC1. The maximum atomic E-state index is 13.2. The molecule has 6 nitrogen and oxygen atoms in total. The molecule has 1 saturated heterocycles. The van der Waals surface area contributed by atoms with Crippen molar-refractivity contribution in [2.24, 2.45) is 0 Å². The van der Waals surface area contributed by atoms with Gasteiger partial charge in [0, 0.05) is 52.2 Å². The van der Waals surface area contributed by atoms with Crippen molar-refractivity contribution in [1.82, 2.24) is 14.7 Å². The van der Waals surface area contributed by atoms with Crippen molar-refractivity contribution in [3.8, 4) is 0 Å². The summed E-state index contributed by atoms with van der Waals surface area (Å²) >= 11 is 12.4. The van der Waals surface area contributed by atoms with Crippen LogP contribution in [-0.4, -0.2) is 65.9 Å². The van der Waals surface area contributed by atoms with Crippen molar-refractivity contribution < 1.29 is 9.59 Å². The standard InChI is InChI=1S/C29H32Cl2N4O2/c30-25-12-7-13-26(28(25)31)32-29(37)35(16-14-23-8-3-1-4-9-23)17-15-27(36)34-20-18-33(19-21-34)22-24-10-5-2-6-11-24/h1-13H,14-22H2,(H,32,37). The number of hydrogen-bond donors (Lipinski definition) is 1. The van der Waals surface area contributed by atoms with E-state index in [-0.39, 0.29) is 18.4 Å². The number of nitrogens with one attached hydrogen (secondary N) is 1. The topological polar surface area (TPSA) is 55.9 Å². The largest absolute Gasteiger partial charge is 0.340 e. The third-order valence-electron chi connectivity index (χ3n) is 6.56. The van der Waals surface area contributed by atoms with E-state index in [2.05, 4.69) is 34.5 Å². The number of hydrogen-bond acceptors (Lipinski definition) is 3. The van der Waals surface area contributed by atoms with E-state index in [1.807, 2.05) is 41.3 Å². The summed E-state index contributed by atoms with van der Waals surface area (Å²) in [7, 11) is 0. The van der Waals surface area contributed by atoms with Gasteiger partial charge in [0.05, 0.1) is 15.7 Å². The number of anilines is 1. The van der Waals surface area contributed by atoms with Crippen LogP contribution in [0.15, 0.2) is 78.9 Å². The van der Waals surface area contributed by atoms with Crippen LogP contribution in [0.5, 0.6) is 0 Å². The fourth-order valence-electron chi connectivity index (χ4n) is 4.40. The second-order valence-electron chi connectivity index (χ2n) is 9.15. The smallest absolute Gasteiger partial charge is 0.321 e. The van der Waals surface area contributed by atoms with Crippen LogP contribution < -0.4 is 5.32 Å². The lowest BCUT2D eigenvalue weighted by Gasteiger charge is -2.35. The Labute approximate surface area is 228 Å². The van der Waals surface area contributed by atoms with Gasteiger partial charge in [0.25, 0.3) is 0 Å². The van der Waals surface area contributed by atoms with Gasteiger partial charge in [-0.2, -0.15) is 0 Å². The van der Waals surface area contributed by atoms with Crippen molar-refractivity contribution in [1.29, 1.82) is 0 Å². The molecule has 0 spiro atoms. The summed E-state index contributed by atoms with van der Waals surface area (Å²) in [5.74, 6) is 0.0673. The highest BCUT2D eigenvalue weighted by Crippen LogP contribution is 2.29. The zero-order valence-electron chi connectivity index (χ0n) is 20.8. The molecule has 0 unspecified atom stereocenters. The summed E-state index contributed by atoms with van der Waals surface area (Å²) in [6, 6.07) is 25.2. The predicted molar refractivity (Wildman–Crippen MR) is 150 cm³/mol. The molecule has 1 heterocycles. The molecule has 194 valence electrons. The van der Waals surface area contributed by atoms with Crippen molar-refractivity contribution in [2.75, 3.05) is 44.6 Å². The van der Waals surface area contributed by atoms with Crippen LogP contribution >= 0.6 is 23.2 Å². The van der Waals surface area contributed by atoms with Crippen molar-refractivity contribution in [3.63, 3.8) is 0 Å². The first kappa shape index (κ1) is 27.0. The molecule has 0 saturated carbocycles. The lowest BCUT2D eigenvalue weighted by Crippen LogP contribution is -2.49. The fourth-order valence-corrected chi connectivity index (χ4v) is 4.75. The van der Waals surface area contributed by atoms with Gasteiger partial charge in [0.2, 0.25) is 5.91 Å². The maximum absolute atomic E-state index is 13.2. The Kier molecular flexibility index (Phi) is 9.83. The Morgan fingerprint density at radius 1 is 0.784 bits per heavy atom. The first-order valence-corrected chi connectivity index (χ1v) is 13.3. The first-order valence-electron chi connectivity index (χ1n) is 12.6. The highest BCUT2D eigenvalue weighted by molar-refractivity contribution is 6.43. The van der Waals surface area contributed by atoms with Crippen molar-refractivity contribution in [3.05, 3.63) is 100 Å². The van der Waals surface area contributed by atoms with Crippen LogP contribution in [0.1, 0.15) is 17.5 Å². The van der Waals surface area contributed by atoms with Gasteiger partial charge in [0.15, 0.2) is 0 Å². The van der Waals surface area contributed by atoms with Crippen LogP contribution in [0.3, 0.4) is 0 Å². The van der Waals surface area contributed by atoms with Crippen LogP contribution in [-0.2, 0) is 17.8 Å². The zero-order chi connectivity index (χ0) is 26.0. The number of halogens is 2. The molecular weight excluding hydrogens is 507 g/mol. The summed E-state index contributed by atoms with van der Waals surface area (Å²) in [5, 5.41) is 3.53. The number of amides is 3. The third kappa shape index (κ3) is 7.96. The van der Waals surface area contributed by atoms with Gasteiger partial charge in [-0.25, -0.2) is 4.79 Å². The molecule has 3 amide bonds. The van der Waals surface area contributed by atoms with Gasteiger partial charge < -0.3 is 15.1 Å². The molecule has 1 aliphatic heterocycles. The van der Waals surface area contributed by atoms with E-state index in [0.717, 1.165) is 25.2 Å². The third-order valence-corrected chi connectivity index (χ3v) is 7.38. The highest BCUT2D eigenvalue weighted by atomic mass is 35.5. The molecule has 1 N–H and O–H groups in total.